The first-order valence-electron chi connectivity index (χ1n) is 5.21. The van der Waals surface area contributed by atoms with Gasteiger partial charge in [-0.1, -0.05) is 0 Å². The lowest BCUT2D eigenvalue weighted by Crippen LogP contribution is -2.40. The topological polar surface area (TPSA) is 38.1 Å². The van der Waals surface area contributed by atoms with Crippen LogP contribution in [0.4, 0.5) is 0 Å². The number of nitrogens with one attached hydrogen (secondary N) is 1. The van der Waals surface area contributed by atoms with Gasteiger partial charge in [-0.25, -0.2) is 4.98 Å². The first kappa shape index (κ1) is 8.80. The van der Waals surface area contributed by atoms with Crippen molar-refractivity contribution in [1.82, 2.24) is 10.3 Å². The second-order valence-corrected chi connectivity index (χ2v) is 5.28. The van der Waals surface area contributed by atoms with E-state index in [0.717, 1.165) is 24.7 Å². The molecular weight excluding hydrogens is 196 g/mol. The van der Waals surface area contributed by atoms with Crippen LogP contribution < -0.4 is 5.32 Å². The standard InChI is InChI=1S/C10H14N2OS/c1-2-9(14-3-1)8-6-13-10(12-8)7-4-11-5-7/h6-7,9,11H,1-5H2. The summed E-state index contributed by atoms with van der Waals surface area (Å²) in [6, 6.07) is 0. The van der Waals surface area contributed by atoms with Crippen molar-refractivity contribution in [3.05, 3.63) is 17.8 Å². The summed E-state index contributed by atoms with van der Waals surface area (Å²) in [5.74, 6) is 2.74. The average Bonchev–Trinajstić information content (AvgIpc) is 2.65. The lowest BCUT2D eigenvalue weighted by Gasteiger charge is -2.23. The normalized spacial score (nSPS) is 27.9. The molecule has 1 N–H and O–H groups in total. The molecule has 2 saturated heterocycles. The summed E-state index contributed by atoms with van der Waals surface area (Å²) in [5, 5.41) is 3.83. The highest BCUT2D eigenvalue weighted by atomic mass is 32.2. The van der Waals surface area contributed by atoms with E-state index in [-0.39, 0.29) is 0 Å². The predicted octanol–water partition coefficient (Wildman–Crippen LogP) is 1.93. The Kier molecular flexibility index (Phi) is 2.25. The maximum absolute atomic E-state index is 5.52. The molecule has 14 heavy (non-hydrogen) atoms. The minimum Gasteiger partial charge on any atom is -0.448 e. The van der Waals surface area contributed by atoms with Gasteiger partial charge < -0.3 is 9.73 Å². The van der Waals surface area contributed by atoms with Gasteiger partial charge >= 0.3 is 0 Å². The number of hydrogen-bond acceptors (Lipinski definition) is 4. The van der Waals surface area contributed by atoms with Gasteiger partial charge in [-0.3, -0.25) is 0 Å². The molecule has 76 valence electrons. The maximum atomic E-state index is 5.52. The minimum absolute atomic E-state index is 0.523. The van der Waals surface area contributed by atoms with Gasteiger partial charge in [-0.2, -0.15) is 11.8 Å². The minimum atomic E-state index is 0.523. The smallest absolute Gasteiger partial charge is 0.199 e. The molecule has 2 aliphatic heterocycles. The molecule has 0 aliphatic carbocycles. The fraction of sp³-hybridized carbons (Fsp3) is 0.700. The van der Waals surface area contributed by atoms with Crippen LogP contribution in [-0.2, 0) is 0 Å². The average molecular weight is 210 g/mol. The number of aromatic nitrogens is 1. The van der Waals surface area contributed by atoms with Gasteiger partial charge in [0.2, 0.25) is 0 Å². The SMILES string of the molecule is c1oc(C2CNC2)nc1C1CCCS1. The van der Waals surface area contributed by atoms with E-state index >= 15 is 0 Å². The molecule has 0 radical (unpaired) electrons. The molecule has 0 amide bonds. The van der Waals surface area contributed by atoms with Crippen LogP contribution in [0, 0.1) is 0 Å². The van der Waals surface area contributed by atoms with Gasteiger partial charge in [-0.05, 0) is 18.6 Å². The van der Waals surface area contributed by atoms with Crippen molar-refractivity contribution in [2.24, 2.45) is 0 Å². The second-order valence-electron chi connectivity index (χ2n) is 3.97. The van der Waals surface area contributed by atoms with Crippen LogP contribution in [0.15, 0.2) is 10.7 Å². The Hall–Kier alpha value is -0.480. The van der Waals surface area contributed by atoms with E-state index in [2.05, 4.69) is 10.3 Å². The zero-order valence-corrected chi connectivity index (χ0v) is 8.85. The summed E-state index contributed by atoms with van der Waals surface area (Å²) in [4.78, 5) is 4.59. The Morgan fingerprint density at radius 3 is 3.07 bits per heavy atom. The van der Waals surface area contributed by atoms with Crippen LogP contribution >= 0.6 is 11.8 Å². The van der Waals surface area contributed by atoms with Gasteiger partial charge in [0.25, 0.3) is 0 Å². The van der Waals surface area contributed by atoms with E-state index in [1.165, 1.54) is 18.6 Å². The van der Waals surface area contributed by atoms with Gasteiger partial charge in [0.1, 0.15) is 6.26 Å². The van der Waals surface area contributed by atoms with Gasteiger partial charge in [0, 0.05) is 13.1 Å². The van der Waals surface area contributed by atoms with Crippen molar-refractivity contribution >= 4 is 11.8 Å². The quantitative estimate of drug-likeness (QED) is 0.809. The summed E-state index contributed by atoms with van der Waals surface area (Å²) in [7, 11) is 0. The highest BCUT2D eigenvalue weighted by molar-refractivity contribution is 7.99. The summed E-state index contributed by atoms with van der Waals surface area (Å²) in [6.45, 7) is 2.05. The Morgan fingerprint density at radius 1 is 1.50 bits per heavy atom. The molecule has 3 nitrogen and oxygen atoms in total. The lowest BCUT2D eigenvalue weighted by atomic mass is 10.0. The Morgan fingerprint density at radius 2 is 2.43 bits per heavy atom. The number of rotatable bonds is 2. The second kappa shape index (κ2) is 3.59. The van der Waals surface area contributed by atoms with E-state index in [1.54, 1.807) is 0 Å². The maximum Gasteiger partial charge on any atom is 0.199 e. The molecule has 0 bridgehead atoms. The third-order valence-corrected chi connectivity index (χ3v) is 4.33. The van der Waals surface area contributed by atoms with Gasteiger partial charge in [-0.15, -0.1) is 0 Å². The van der Waals surface area contributed by atoms with Crippen molar-refractivity contribution in [3.8, 4) is 0 Å². The van der Waals surface area contributed by atoms with Crippen LogP contribution in [0.1, 0.15) is 35.6 Å². The number of nitrogens with zero attached hydrogens (tertiary/aromatic N) is 1. The van der Waals surface area contributed by atoms with Crippen molar-refractivity contribution in [1.29, 1.82) is 0 Å². The first-order valence-corrected chi connectivity index (χ1v) is 6.26. The number of hydrogen-bond donors (Lipinski definition) is 1. The van der Waals surface area contributed by atoms with E-state index in [0.29, 0.717) is 11.2 Å². The van der Waals surface area contributed by atoms with Crippen molar-refractivity contribution in [2.45, 2.75) is 24.0 Å². The highest BCUT2D eigenvalue weighted by Gasteiger charge is 2.26. The van der Waals surface area contributed by atoms with Crippen LogP contribution in [0.5, 0.6) is 0 Å². The molecule has 1 aromatic rings. The van der Waals surface area contributed by atoms with Gasteiger partial charge in [0.05, 0.1) is 16.9 Å². The molecule has 2 aliphatic rings. The van der Waals surface area contributed by atoms with E-state index < -0.39 is 0 Å². The van der Waals surface area contributed by atoms with E-state index in [9.17, 15) is 0 Å². The van der Waals surface area contributed by atoms with Crippen molar-refractivity contribution in [3.63, 3.8) is 0 Å². The molecule has 0 saturated carbocycles. The predicted molar refractivity (Wildman–Crippen MR) is 56.5 cm³/mol. The molecule has 2 fully saturated rings. The molecule has 0 spiro atoms. The Balaban J connectivity index is 1.75. The summed E-state index contributed by atoms with van der Waals surface area (Å²) in [6.07, 6.45) is 4.44. The number of thioether (sulfide) groups is 1. The molecule has 3 heterocycles. The van der Waals surface area contributed by atoms with Crippen LogP contribution in [0.3, 0.4) is 0 Å². The molecule has 1 atom stereocenters. The van der Waals surface area contributed by atoms with Gasteiger partial charge in [0.15, 0.2) is 5.89 Å². The fourth-order valence-corrected chi connectivity index (χ4v) is 3.14. The summed E-state index contributed by atoms with van der Waals surface area (Å²) >= 11 is 2.01. The largest absolute Gasteiger partial charge is 0.448 e. The van der Waals surface area contributed by atoms with Crippen molar-refractivity contribution < 1.29 is 4.42 Å². The van der Waals surface area contributed by atoms with E-state index in [1.807, 2.05) is 18.0 Å². The molecule has 1 unspecified atom stereocenters. The van der Waals surface area contributed by atoms with Crippen LogP contribution in [-0.4, -0.2) is 23.8 Å². The molecule has 0 aromatic carbocycles. The van der Waals surface area contributed by atoms with Crippen LogP contribution in [0.2, 0.25) is 0 Å². The Labute approximate surface area is 87.7 Å². The highest BCUT2D eigenvalue weighted by Crippen LogP contribution is 2.39. The summed E-state index contributed by atoms with van der Waals surface area (Å²) < 4.78 is 5.52. The number of oxazole rings is 1. The van der Waals surface area contributed by atoms with Crippen molar-refractivity contribution in [2.75, 3.05) is 18.8 Å². The lowest BCUT2D eigenvalue weighted by molar-refractivity contribution is 0.357. The Bertz CT molecular complexity index is 316. The monoisotopic (exact) mass is 210 g/mol. The molecule has 1 aromatic heterocycles. The third kappa shape index (κ3) is 1.46. The molecule has 3 rings (SSSR count). The third-order valence-electron chi connectivity index (χ3n) is 2.93. The van der Waals surface area contributed by atoms with Crippen LogP contribution in [0.25, 0.3) is 0 Å². The zero-order valence-electron chi connectivity index (χ0n) is 8.03. The van der Waals surface area contributed by atoms with E-state index in [4.69, 9.17) is 4.42 Å². The first-order chi connectivity index (χ1) is 6.93. The zero-order chi connectivity index (χ0) is 9.38. The summed E-state index contributed by atoms with van der Waals surface area (Å²) in [5.41, 5.74) is 1.16. The fourth-order valence-electron chi connectivity index (χ4n) is 1.91. The molecule has 4 heteroatoms. The molecular formula is C10H14N2OS.